The van der Waals surface area contributed by atoms with E-state index in [2.05, 4.69) is 10.6 Å². The first-order chi connectivity index (χ1) is 10.1. The van der Waals surface area contributed by atoms with Crippen molar-refractivity contribution in [3.63, 3.8) is 0 Å². The number of hydrogen-bond donors (Lipinski definition) is 2. The normalized spacial score (nSPS) is 11.6. The Morgan fingerprint density at radius 2 is 1.95 bits per heavy atom. The lowest BCUT2D eigenvalue weighted by molar-refractivity contribution is -0.123. The Balaban J connectivity index is 0.00000441. The Kier molecular flexibility index (Phi) is 12.2. The second kappa shape index (κ2) is 12.7. The van der Waals surface area contributed by atoms with Crippen molar-refractivity contribution < 1.29 is 13.9 Å². The molecule has 0 saturated carbocycles. The number of carbonyl (C=O) groups is 1. The van der Waals surface area contributed by atoms with Crippen LogP contribution in [0.15, 0.2) is 29.2 Å². The van der Waals surface area contributed by atoms with Crippen molar-refractivity contribution in [1.29, 1.82) is 0 Å². The van der Waals surface area contributed by atoms with Gasteiger partial charge in [-0.25, -0.2) is 4.39 Å². The molecule has 1 amide bonds. The van der Waals surface area contributed by atoms with E-state index in [-0.39, 0.29) is 30.0 Å². The highest BCUT2D eigenvalue weighted by Crippen LogP contribution is 2.20. The molecule has 0 aliphatic carbocycles. The standard InChI is InChI=1S/C15H23FN2O2S.ClH/c1-12(11-21-14-5-3-13(16)4-6-14)15(19)18-8-7-17-9-10-20-2;/h3-6,12,17H,7-11H2,1-2H3,(H,18,19);1H. The number of ether oxygens (including phenoxy) is 1. The molecule has 4 nitrogen and oxygen atoms in total. The molecule has 0 aromatic heterocycles. The molecule has 7 heteroatoms. The van der Waals surface area contributed by atoms with Crippen molar-refractivity contribution in [3.8, 4) is 0 Å². The highest BCUT2D eigenvalue weighted by Gasteiger charge is 2.12. The van der Waals surface area contributed by atoms with Crippen LogP contribution in [0.25, 0.3) is 0 Å². The second-order valence-corrected chi connectivity index (χ2v) is 5.79. The number of nitrogens with one attached hydrogen (secondary N) is 2. The van der Waals surface area contributed by atoms with E-state index in [1.807, 2.05) is 6.92 Å². The molecule has 0 bridgehead atoms. The van der Waals surface area contributed by atoms with Gasteiger partial charge >= 0.3 is 0 Å². The molecule has 126 valence electrons. The summed E-state index contributed by atoms with van der Waals surface area (Å²) in [5.41, 5.74) is 0. The number of rotatable bonds is 10. The van der Waals surface area contributed by atoms with Crippen molar-refractivity contribution in [2.75, 3.05) is 39.1 Å². The zero-order valence-corrected chi connectivity index (χ0v) is 14.6. The van der Waals surface area contributed by atoms with E-state index in [1.54, 1.807) is 31.0 Å². The summed E-state index contributed by atoms with van der Waals surface area (Å²) in [6.07, 6.45) is 0. The molecule has 22 heavy (non-hydrogen) atoms. The number of carbonyl (C=O) groups excluding carboxylic acids is 1. The smallest absolute Gasteiger partial charge is 0.223 e. The maximum Gasteiger partial charge on any atom is 0.223 e. The Bertz CT molecular complexity index is 421. The van der Waals surface area contributed by atoms with Crippen molar-refractivity contribution in [2.24, 2.45) is 5.92 Å². The maximum absolute atomic E-state index is 12.8. The molecule has 0 radical (unpaired) electrons. The molecule has 0 spiro atoms. The number of thioether (sulfide) groups is 1. The minimum atomic E-state index is -0.244. The van der Waals surface area contributed by atoms with Crippen LogP contribution in [0.5, 0.6) is 0 Å². The van der Waals surface area contributed by atoms with E-state index in [0.717, 1.165) is 18.0 Å². The molecule has 1 aromatic carbocycles. The lowest BCUT2D eigenvalue weighted by Crippen LogP contribution is -2.36. The average molecular weight is 351 g/mol. The first-order valence-corrected chi connectivity index (χ1v) is 7.97. The molecule has 1 atom stereocenters. The number of halogens is 2. The lowest BCUT2D eigenvalue weighted by atomic mass is 10.2. The van der Waals surface area contributed by atoms with Gasteiger partial charge < -0.3 is 15.4 Å². The van der Waals surface area contributed by atoms with Crippen molar-refractivity contribution >= 4 is 30.1 Å². The van der Waals surface area contributed by atoms with E-state index in [0.29, 0.717) is 18.9 Å². The summed E-state index contributed by atoms with van der Waals surface area (Å²) in [7, 11) is 1.66. The summed E-state index contributed by atoms with van der Waals surface area (Å²) >= 11 is 1.56. The summed E-state index contributed by atoms with van der Waals surface area (Å²) in [5, 5.41) is 6.05. The SMILES string of the molecule is COCCNCCNC(=O)C(C)CSc1ccc(F)cc1.Cl. The third-order valence-electron chi connectivity index (χ3n) is 2.85. The molecule has 0 aliphatic rings. The minimum absolute atomic E-state index is 0. The Morgan fingerprint density at radius 3 is 2.59 bits per heavy atom. The second-order valence-electron chi connectivity index (χ2n) is 4.70. The largest absolute Gasteiger partial charge is 0.383 e. The van der Waals surface area contributed by atoms with Crippen molar-refractivity contribution in [2.45, 2.75) is 11.8 Å². The van der Waals surface area contributed by atoms with Gasteiger partial charge in [-0.1, -0.05) is 6.92 Å². The molecule has 0 aliphatic heterocycles. The van der Waals surface area contributed by atoms with Crippen molar-refractivity contribution in [1.82, 2.24) is 10.6 Å². The van der Waals surface area contributed by atoms with Gasteiger partial charge in [-0.05, 0) is 24.3 Å². The lowest BCUT2D eigenvalue weighted by Gasteiger charge is -2.12. The highest BCUT2D eigenvalue weighted by atomic mass is 35.5. The van der Waals surface area contributed by atoms with Gasteiger partial charge in [-0.3, -0.25) is 4.79 Å². The van der Waals surface area contributed by atoms with E-state index < -0.39 is 0 Å². The Labute approximate surface area is 142 Å². The molecule has 1 aromatic rings. The van der Waals surface area contributed by atoms with Gasteiger partial charge in [0.15, 0.2) is 0 Å². The molecular weight excluding hydrogens is 327 g/mol. The minimum Gasteiger partial charge on any atom is -0.383 e. The van der Waals surface area contributed by atoms with Crippen LogP contribution in [0, 0.1) is 11.7 Å². The zero-order valence-electron chi connectivity index (χ0n) is 12.9. The van der Waals surface area contributed by atoms with Crippen LogP contribution in [-0.2, 0) is 9.53 Å². The van der Waals surface area contributed by atoms with Gasteiger partial charge in [-0.2, -0.15) is 0 Å². The fourth-order valence-electron chi connectivity index (χ4n) is 1.58. The van der Waals surface area contributed by atoms with Crippen molar-refractivity contribution in [3.05, 3.63) is 30.1 Å². The average Bonchev–Trinajstić information content (AvgIpc) is 2.49. The monoisotopic (exact) mass is 350 g/mol. The van der Waals surface area contributed by atoms with Crippen LogP contribution in [-0.4, -0.2) is 45.0 Å². The van der Waals surface area contributed by atoms with Gasteiger partial charge in [0.25, 0.3) is 0 Å². The van der Waals surface area contributed by atoms with E-state index in [9.17, 15) is 9.18 Å². The number of amides is 1. The highest BCUT2D eigenvalue weighted by molar-refractivity contribution is 7.99. The summed E-state index contributed by atoms with van der Waals surface area (Å²) < 4.78 is 17.7. The van der Waals surface area contributed by atoms with Gasteiger partial charge in [0, 0.05) is 43.3 Å². The first kappa shape index (κ1) is 21.2. The van der Waals surface area contributed by atoms with Gasteiger partial charge in [0.05, 0.1) is 6.61 Å². The van der Waals surface area contributed by atoms with Gasteiger partial charge in [0.1, 0.15) is 5.82 Å². The number of methoxy groups -OCH3 is 1. The third-order valence-corrected chi connectivity index (χ3v) is 4.12. The number of hydrogen-bond acceptors (Lipinski definition) is 4. The summed E-state index contributed by atoms with van der Waals surface area (Å²) in [5.74, 6) is 0.387. The van der Waals surface area contributed by atoms with Crippen LogP contribution < -0.4 is 10.6 Å². The molecular formula is C15H24ClFN2O2S. The molecule has 0 fully saturated rings. The topological polar surface area (TPSA) is 50.4 Å². The molecule has 0 saturated heterocycles. The molecule has 1 rings (SSSR count). The number of benzene rings is 1. The summed E-state index contributed by atoms with van der Waals surface area (Å²) in [4.78, 5) is 12.8. The van der Waals surface area contributed by atoms with Crippen LogP contribution in [0.3, 0.4) is 0 Å². The van der Waals surface area contributed by atoms with Crippen LogP contribution in [0.2, 0.25) is 0 Å². The first-order valence-electron chi connectivity index (χ1n) is 6.99. The van der Waals surface area contributed by atoms with Gasteiger partial charge in [0.2, 0.25) is 5.91 Å². The van der Waals surface area contributed by atoms with Crippen LogP contribution in [0.1, 0.15) is 6.92 Å². The molecule has 0 heterocycles. The maximum atomic E-state index is 12.8. The summed E-state index contributed by atoms with van der Waals surface area (Å²) in [6, 6.07) is 6.31. The predicted octanol–water partition coefficient (Wildman–Crippen LogP) is 2.33. The molecule has 1 unspecified atom stereocenters. The molecule has 2 N–H and O–H groups in total. The zero-order chi connectivity index (χ0) is 15.5. The third kappa shape index (κ3) is 9.25. The van der Waals surface area contributed by atoms with Crippen LogP contribution in [0.4, 0.5) is 4.39 Å². The summed E-state index contributed by atoms with van der Waals surface area (Å²) in [6.45, 7) is 4.67. The fraction of sp³-hybridized carbons (Fsp3) is 0.533. The quantitative estimate of drug-likeness (QED) is 0.502. The fourth-order valence-corrected chi connectivity index (χ4v) is 2.50. The van der Waals surface area contributed by atoms with E-state index in [1.165, 1.54) is 12.1 Å². The predicted molar refractivity (Wildman–Crippen MR) is 91.3 cm³/mol. The van der Waals surface area contributed by atoms with E-state index in [4.69, 9.17) is 4.74 Å². The van der Waals surface area contributed by atoms with Crippen LogP contribution >= 0.6 is 24.2 Å². The van der Waals surface area contributed by atoms with Gasteiger partial charge in [-0.15, -0.1) is 24.2 Å². The van der Waals surface area contributed by atoms with E-state index >= 15 is 0 Å². The Morgan fingerprint density at radius 1 is 1.27 bits per heavy atom. The Hall–Kier alpha value is -0.820.